The van der Waals surface area contributed by atoms with E-state index in [9.17, 15) is 13.2 Å². The van der Waals surface area contributed by atoms with Crippen LogP contribution >= 0.6 is 12.2 Å². The molecule has 0 amide bonds. The standard InChI is InChI=1S/C14H11F3N2S/c15-14(16,17)10-2-1-3-12(8-10)19-11-6-4-9(5-7-11)13(18)20/h1-8,19H,(H2,18,20). The maximum atomic E-state index is 12.6. The summed E-state index contributed by atoms with van der Waals surface area (Å²) in [6, 6.07) is 11.8. The molecule has 0 saturated heterocycles. The zero-order valence-corrected chi connectivity index (χ0v) is 11.1. The van der Waals surface area contributed by atoms with Gasteiger partial charge in [-0.1, -0.05) is 18.3 Å². The van der Waals surface area contributed by atoms with Crippen molar-refractivity contribution >= 4 is 28.6 Å². The lowest BCUT2D eigenvalue weighted by Gasteiger charge is -2.11. The van der Waals surface area contributed by atoms with Gasteiger partial charge in [0.25, 0.3) is 0 Å². The van der Waals surface area contributed by atoms with Gasteiger partial charge >= 0.3 is 6.18 Å². The summed E-state index contributed by atoms with van der Waals surface area (Å²) in [6.45, 7) is 0. The van der Waals surface area contributed by atoms with Crippen LogP contribution in [0.2, 0.25) is 0 Å². The zero-order chi connectivity index (χ0) is 14.8. The van der Waals surface area contributed by atoms with E-state index >= 15 is 0 Å². The van der Waals surface area contributed by atoms with Gasteiger partial charge in [0.2, 0.25) is 0 Å². The van der Waals surface area contributed by atoms with Crippen molar-refractivity contribution in [1.82, 2.24) is 0 Å². The van der Waals surface area contributed by atoms with Crippen LogP contribution in [0.25, 0.3) is 0 Å². The molecule has 0 fully saturated rings. The van der Waals surface area contributed by atoms with Crippen LogP contribution in [0.3, 0.4) is 0 Å². The second-order valence-corrected chi connectivity index (χ2v) is 4.58. The van der Waals surface area contributed by atoms with Crippen molar-refractivity contribution in [3.8, 4) is 0 Å². The summed E-state index contributed by atoms with van der Waals surface area (Å²) < 4.78 is 37.8. The van der Waals surface area contributed by atoms with E-state index in [4.69, 9.17) is 18.0 Å². The van der Waals surface area contributed by atoms with Gasteiger partial charge in [-0.05, 0) is 42.5 Å². The molecule has 0 atom stereocenters. The zero-order valence-electron chi connectivity index (χ0n) is 10.2. The first-order chi connectivity index (χ1) is 9.36. The first-order valence-corrected chi connectivity index (χ1v) is 6.11. The molecule has 0 radical (unpaired) electrons. The van der Waals surface area contributed by atoms with Crippen molar-refractivity contribution in [2.24, 2.45) is 5.73 Å². The number of alkyl halides is 3. The molecule has 0 unspecified atom stereocenters. The number of rotatable bonds is 3. The number of thiocarbonyl (C=S) groups is 1. The molecule has 0 aliphatic rings. The number of nitrogens with two attached hydrogens (primary N) is 1. The maximum Gasteiger partial charge on any atom is 0.416 e. The molecule has 0 saturated carbocycles. The number of benzene rings is 2. The number of nitrogens with one attached hydrogen (secondary N) is 1. The topological polar surface area (TPSA) is 38.0 Å². The second-order valence-electron chi connectivity index (χ2n) is 4.15. The Morgan fingerprint density at radius 3 is 2.20 bits per heavy atom. The molecule has 2 aromatic rings. The van der Waals surface area contributed by atoms with Gasteiger partial charge in [-0.15, -0.1) is 0 Å². The maximum absolute atomic E-state index is 12.6. The molecule has 0 aliphatic carbocycles. The predicted molar refractivity (Wildman–Crippen MR) is 77.1 cm³/mol. The monoisotopic (exact) mass is 296 g/mol. The van der Waals surface area contributed by atoms with E-state index in [-0.39, 0.29) is 4.99 Å². The lowest BCUT2D eigenvalue weighted by molar-refractivity contribution is -0.137. The Bertz CT molecular complexity index is 621. The summed E-state index contributed by atoms with van der Waals surface area (Å²) in [5.41, 5.74) is 6.50. The summed E-state index contributed by atoms with van der Waals surface area (Å²) in [6.07, 6.45) is -4.35. The Morgan fingerprint density at radius 2 is 1.65 bits per heavy atom. The fourth-order valence-corrected chi connectivity index (χ4v) is 1.79. The van der Waals surface area contributed by atoms with E-state index in [0.29, 0.717) is 16.9 Å². The van der Waals surface area contributed by atoms with E-state index in [1.54, 1.807) is 30.3 Å². The molecule has 0 heterocycles. The summed E-state index contributed by atoms with van der Waals surface area (Å²) >= 11 is 4.83. The van der Waals surface area contributed by atoms with Gasteiger partial charge in [-0.25, -0.2) is 0 Å². The van der Waals surface area contributed by atoms with Crippen molar-refractivity contribution in [2.45, 2.75) is 6.18 Å². The number of hydrogen-bond acceptors (Lipinski definition) is 2. The largest absolute Gasteiger partial charge is 0.416 e. The lowest BCUT2D eigenvalue weighted by Crippen LogP contribution is -2.08. The molecule has 20 heavy (non-hydrogen) atoms. The van der Waals surface area contributed by atoms with E-state index < -0.39 is 11.7 Å². The van der Waals surface area contributed by atoms with Crippen molar-refractivity contribution in [1.29, 1.82) is 0 Å². The Kier molecular flexibility index (Phi) is 3.94. The average Bonchev–Trinajstić information content (AvgIpc) is 2.38. The lowest BCUT2D eigenvalue weighted by atomic mass is 10.1. The highest BCUT2D eigenvalue weighted by Crippen LogP contribution is 2.31. The third-order valence-electron chi connectivity index (χ3n) is 2.65. The normalized spacial score (nSPS) is 11.2. The highest BCUT2D eigenvalue weighted by Gasteiger charge is 2.30. The first-order valence-electron chi connectivity index (χ1n) is 5.70. The molecule has 104 valence electrons. The fourth-order valence-electron chi connectivity index (χ4n) is 1.66. The van der Waals surface area contributed by atoms with Crippen LogP contribution in [0.15, 0.2) is 48.5 Å². The van der Waals surface area contributed by atoms with Gasteiger partial charge in [-0.3, -0.25) is 0 Å². The summed E-state index contributed by atoms with van der Waals surface area (Å²) in [5.74, 6) is 0. The molecule has 6 heteroatoms. The fraction of sp³-hybridized carbons (Fsp3) is 0.0714. The predicted octanol–water partition coefficient (Wildman–Crippen LogP) is 4.08. The Morgan fingerprint density at radius 1 is 1.00 bits per heavy atom. The molecule has 2 aromatic carbocycles. The summed E-state index contributed by atoms with van der Waals surface area (Å²) in [4.78, 5) is 0.274. The molecular formula is C14H11F3N2S. The molecule has 0 aromatic heterocycles. The highest BCUT2D eigenvalue weighted by molar-refractivity contribution is 7.80. The Labute approximate surface area is 119 Å². The molecule has 0 bridgehead atoms. The van der Waals surface area contributed by atoms with Crippen molar-refractivity contribution in [3.63, 3.8) is 0 Å². The Balaban J connectivity index is 2.20. The van der Waals surface area contributed by atoms with Crippen molar-refractivity contribution in [2.75, 3.05) is 5.32 Å². The molecule has 2 nitrogen and oxygen atoms in total. The third-order valence-corrected chi connectivity index (χ3v) is 2.88. The number of anilines is 2. The summed E-state index contributed by atoms with van der Waals surface area (Å²) in [5, 5.41) is 2.90. The average molecular weight is 296 g/mol. The van der Waals surface area contributed by atoms with Crippen LogP contribution in [0.5, 0.6) is 0 Å². The van der Waals surface area contributed by atoms with Gasteiger partial charge in [0, 0.05) is 16.9 Å². The third kappa shape index (κ3) is 3.48. The molecule has 0 aliphatic heterocycles. The number of hydrogen-bond donors (Lipinski definition) is 2. The molecular weight excluding hydrogens is 285 g/mol. The number of halogens is 3. The Hall–Kier alpha value is -2.08. The minimum absolute atomic E-state index is 0.274. The van der Waals surface area contributed by atoms with Crippen LogP contribution in [0.4, 0.5) is 24.5 Å². The van der Waals surface area contributed by atoms with Crippen molar-refractivity contribution in [3.05, 3.63) is 59.7 Å². The van der Waals surface area contributed by atoms with Crippen LogP contribution in [0.1, 0.15) is 11.1 Å². The molecule has 2 rings (SSSR count). The van der Waals surface area contributed by atoms with Crippen LogP contribution in [-0.2, 0) is 6.18 Å². The van der Waals surface area contributed by atoms with Crippen LogP contribution in [0, 0.1) is 0 Å². The smallest absolute Gasteiger partial charge is 0.389 e. The van der Waals surface area contributed by atoms with Gasteiger partial charge in [0.15, 0.2) is 0 Å². The summed E-state index contributed by atoms with van der Waals surface area (Å²) in [7, 11) is 0. The van der Waals surface area contributed by atoms with Gasteiger partial charge in [-0.2, -0.15) is 13.2 Å². The van der Waals surface area contributed by atoms with Crippen LogP contribution < -0.4 is 11.1 Å². The molecule has 3 N–H and O–H groups in total. The quantitative estimate of drug-likeness (QED) is 0.838. The van der Waals surface area contributed by atoms with E-state index in [2.05, 4.69) is 5.32 Å². The van der Waals surface area contributed by atoms with E-state index in [1.165, 1.54) is 6.07 Å². The SMILES string of the molecule is NC(=S)c1ccc(Nc2cccc(C(F)(F)F)c2)cc1. The minimum atomic E-state index is -4.35. The van der Waals surface area contributed by atoms with E-state index in [1.807, 2.05) is 0 Å². The second kappa shape index (κ2) is 5.50. The van der Waals surface area contributed by atoms with E-state index in [0.717, 1.165) is 12.1 Å². The van der Waals surface area contributed by atoms with Gasteiger partial charge in [0.05, 0.1) is 5.56 Å². The van der Waals surface area contributed by atoms with Crippen molar-refractivity contribution < 1.29 is 13.2 Å². The van der Waals surface area contributed by atoms with Gasteiger partial charge < -0.3 is 11.1 Å². The minimum Gasteiger partial charge on any atom is -0.389 e. The van der Waals surface area contributed by atoms with Gasteiger partial charge in [0.1, 0.15) is 4.99 Å². The van der Waals surface area contributed by atoms with Crippen LogP contribution in [-0.4, -0.2) is 4.99 Å². The molecule has 0 spiro atoms. The first kappa shape index (κ1) is 14.3. The highest BCUT2D eigenvalue weighted by atomic mass is 32.1.